The van der Waals surface area contributed by atoms with Crippen molar-refractivity contribution in [3.8, 4) is 0 Å². The Morgan fingerprint density at radius 1 is 1.30 bits per heavy atom. The van der Waals surface area contributed by atoms with Crippen LogP contribution in [0.15, 0.2) is 37.4 Å². The molecule has 4 nitrogen and oxygen atoms in total. The van der Waals surface area contributed by atoms with E-state index in [0.717, 1.165) is 0 Å². The first kappa shape index (κ1) is 16.0. The molecule has 3 N–H and O–H groups in total. The quantitative estimate of drug-likeness (QED) is 0.759. The van der Waals surface area contributed by atoms with Gasteiger partial charge in [0.05, 0.1) is 5.69 Å². The van der Waals surface area contributed by atoms with Gasteiger partial charge >= 0.3 is 0 Å². The van der Waals surface area contributed by atoms with Gasteiger partial charge in [0.25, 0.3) is 10.0 Å². The molecule has 1 aromatic heterocycles. The van der Waals surface area contributed by atoms with Crippen LogP contribution in [-0.4, -0.2) is 8.42 Å². The summed E-state index contributed by atoms with van der Waals surface area (Å²) in [5.41, 5.74) is 6.79. The Bertz CT molecular complexity index is 722. The summed E-state index contributed by atoms with van der Waals surface area (Å²) in [6.45, 7) is 1.96. The molecule has 0 radical (unpaired) electrons. The molecule has 0 aliphatic rings. The van der Waals surface area contributed by atoms with Gasteiger partial charge in [0.2, 0.25) is 0 Å². The minimum absolute atomic E-state index is 0.200. The summed E-state index contributed by atoms with van der Waals surface area (Å²) >= 11 is 8.03. The van der Waals surface area contributed by atoms with E-state index in [4.69, 9.17) is 5.73 Å². The van der Waals surface area contributed by atoms with Crippen LogP contribution in [0.1, 0.15) is 10.4 Å². The highest BCUT2D eigenvalue weighted by Gasteiger charge is 2.24. The molecule has 2 rings (SSSR count). The molecule has 1 heterocycles. The Morgan fingerprint density at radius 2 is 1.90 bits per heavy atom. The van der Waals surface area contributed by atoms with Crippen LogP contribution < -0.4 is 10.5 Å². The minimum Gasteiger partial charge on any atom is -0.326 e. The molecule has 0 atom stereocenters. The molecule has 0 bridgehead atoms. The zero-order chi connectivity index (χ0) is 14.9. The molecule has 0 aliphatic carbocycles. The van der Waals surface area contributed by atoms with Crippen LogP contribution >= 0.6 is 43.2 Å². The largest absolute Gasteiger partial charge is 0.326 e. The fraction of sp³-hybridized carbons (Fsp3) is 0.167. The second kappa shape index (κ2) is 6.15. The lowest BCUT2D eigenvalue weighted by Crippen LogP contribution is -2.16. The molecule has 0 fully saturated rings. The number of anilines is 1. The molecular weight excluding hydrogens is 428 g/mol. The third-order valence-corrected chi connectivity index (χ3v) is 6.80. The molecule has 1 aromatic carbocycles. The van der Waals surface area contributed by atoms with E-state index in [9.17, 15) is 8.42 Å². The van der Waals surface area contributed by atoms with Crippen molar-refractivity contribution in [1.29, 1.82) is 0 Å². The van der Waals surface area contributed by atoms with Crippen molar-refractivity contribution in [2.45, 2.75) is 18.4 Å². The average Bonchev–Trinajstić information content (AvgIpc) is 2.76. The van der Waals surface area contributed by atoms with Gasteiger partial charge in [-0.3, -0.25) is 4.72 Å². The number of thiophene rings is 1. The zero-order valence-corrected chi connectivity index (χ0v) is 15.3. The maximum absolute atomic E-state index is 12.6. The number of benzene rings is 1. The van der Waals surface area contributed by atoms with Crippen LogP contribution in [-0.2, 0) is 16.6 Å². The minimum atomic E-state index is -3.67. The van der Waals surface area contributed by atoms with Gasteiger partial charge in [0.15, 0.2) is 0 Å². The van der Waals surface area contributed by atoms with Gasteiger partial charge in [-0.25, -0.2) is 8.42 Å². The molecule has 0 aliphatic heterocycles. The average molecular weight is 440 g/mol. The van der Waals surface area contributed by atoms with E-state index in [1.165, 1.54) is 11.3 Å². The van der Waals surface area contributed by atoms with E-state index in [0.29, 0.717) is 25.1 Å². The van der Waals surface area contributed by atoms with E-state index in [-0.39, 0.29) is 11.4 Å². The lowest BCUT2D eigenvalue weighted by Gasteiger charge is -2.12. The first-order valence-corrected chi connectivity index (χ1v) is 9.55. The van der Waals surface area contributed by atoms with Gasteiger partial charge in [0.1, 0.15) is 4.90 Å². The topological polar surface area (TPSA) is 72.2 Å². The molecule has 8 heteroatoms. The maximum atomic E-state index is 12.6. The van der Waals surface area contributed by atoms with E-state index >= 15 is 0 Å². The Balaban J connectivity index is 2.49. The van der Waals surface area contributed by atoms with Gasteiger partial charge in [-0.15, -0.1) is 11.3 Å². The Hall–Kier alpha value is -0.410. The fourth-order valence-corrected chi connectivity index (χ4v) is 6.03. The number of hydrogen-bond acceptors (Lipinski definition) is 4. The maximum Gasteiger partial charge on any atom is 0.263 e. The third kappa shape index (κ3) is 3.09. The van der Waals surface area contributed by atoms with E-state index in [1.54, 1.807) is 24.4 Å². The van der Waals surface area contributed by atoms with E-state index in [2.05, 4.69) is 36.6 Å². The van der Waals surface area contributed by atoms with E-state index in [1.807, 2.05) is 6.07 Å². The van der Waals surface area contributed by atoms with Gasteiger partial charge in [0, 0.05) is 20.4 Å². The molecule has 108 valence electrons. The number of sulfonamides is 1. The molecule has 0 saturated heterocycles. The number of nitrogens with two attached hydrogens (primary N) is 1. The van der Waals surface area contributed by atoms with Crippen molar-refractivity contribution < 1.29 is 8.42 Å². The summed E-state index contributed by atoms with van der Waals surface area (Å²) in [6, 6.07) is 5.35. The SMILES string of the molecule is Cc1csc(CN)c1S(=O)(=O)Nc1c(Br)cccc1Br. The van der Waals surface area contributed by atoms with Crippen molar-refractivity contribution in [1.82, 2.24) is 0 Å². The van der Waals surface area contributed by atoms with Crippen molar-refractivity contribution in [2.75, 3.05) is 4.72 Å². The molecule has 2 aromatic rings. The van der Waals surface area contributed by atoms with Crippen molar-refractivity contribution in [3.05, 3.63) is 43.0 Å². The molecule has 0 unspecified atom stereocenters. The van der Waals surface area contributed by atoms with Crippen LogP contribution in [0.5, 0.6) is 0 Å². The third-order valence-electron chi connectivity index (χ3n) is 2.64. The van der Waals surface area contributed by atoms with Crippen LogP contribution in [0.3, 0.4) is 0 Å². The second-order valence-electron chi connectivity index (χ2n) is 4.08. The summed E-state index contributed by atoms with van der Waals surface area (Å²) in [5, 5.41) is 1.80. The second-order valence-corrected chi connectivity index (χ2v) is 8.37. The van der Waals surface area contributed by atoms with Crippen LogP contribution in [0.25, 0.3) is 0 Å². The number of rotatable bonds is 4. The smallest absolute Gasteiger partial charge is 0.263 e. The van der Waals surface area contributed by atoms with Crippen molar-refractivity contribution >= 4 is 58.9 Å². The van der Waals surface area contributed by atoms with Crippen molar-refractivity contribution in [2.24, 2.45) is 5.73 Å². The lowest BCUT2D eigenvalue weighted by molar-refractivity contribution is 0.600. The Kier molecular flexibility index (Phi) is 4.91. The molecule has 20 heavy (non-hydrogen) atoms. The molecule has 0 amide bonds. The summed E-state index contributed by atoms with van der Waals surface area (Å²) in [4.78, 5) is 0.922. The normalized spacial score (nSPS) is 11.6. The lowest BCUT2D eigenvalue weighted by atomic mass is 10.3. The highest BCUT2D eigenvalue weighted by Crippen LogP contribution is 2.34. The summed E-state index contributed by atoms with van der Waals surface area (Å²) in [7, 11) is -3.67. The number of para-hydroxylation sites is 1. The summed E-state index contributed by atoms with van der Waals surface area (Å²) in [6.07, 6.45) is 0. The predicted molar refractivity (Wildman–Crippen MR) is 89.6 cm³/mol. The number of aryl methyl sites for hydroxylation is 1. The molecule has 0 saturated carbocycles. The highest BCUT2D eigenvalue weighted by molar-refractivity contribution is 9.11. The Labute approximate surface area is 138 Å². The molecular formula is C12H12Br2N2O2S2. The number of hydrogen-bond donors (Lipinski definition) is 2. The van der Waals surface area contributed by atoms with Crippen molar-refractivity contribution in [3.63, 3.8) is 0 Å². The van der Waals surface area contributed by atoms with Gasteiger partial charge in [-0.1, -0.05) is 6.07 Å². The number of halogens is 2. The predicted octanol–water partition coefficient (Wildman–Crippen LogP) is 3.84. The van der Waals surface area contributed by atoms with E-state index < -0.39 is 10.0 Å². The number of nitrogens with one attached hydrogen (secondary N) is 1. The summed E-state index contributed by atoms with van der Waals surface area (Å²) < 4.78 is 29.1. The molecule has 0 spiro atoms. The first-order chi connectivity index (χ1) is 9.36. The first-order valence-electron chi connectivity index (χ1n) is 5.60. The highest BCUT2D eigenvalue weighted by atomic mass is 79.9. The van der Waals surface area contributed by atoms with Crippen LogP contribution in [0.2, 0.25) is 0 Å². The van der Waals surface area contributed by atoms with Gasteiger partial charge in [-0.2, -0.15) is 0 Å². The van der Waals surface area contributed by atoms with Gasteiger partial charge < -0.3 is 5.73 Å². The monoisotopic (exact) mass is 438 g/mol. The fourth-order valence-electron chi connectivity index (χ4n) is 1.77. The van der Waals surface area contributed by atoms with Crippen LogP contribution in [0, 0.1) is 6.92 Å². The zero-order valence-electron chi connectivity index (χ0n) is 10.5. The standard InChI is InChI=1S/C12H12Br2N2O2S2/c1-7-6-19-10(5-15)12(7)20(17,18)16-11-8(13)3-2-4-9(11)14/h2-4,6,16H,5,15H2,1H3. The summed E-state index contributed by atoms with van der Waals surface area (Å²) in [5.74, 6) is 0. The van der Waals surface area contributed by atoms with Crippen LogP contribution in [0.4, 0.5) is 5.69 Å². The Morgan fingerprint density at radius 3 is 2.45 bits per heavy atom. The van der Waals surface area contributed by atoms with Gasteiger partial charge in [-0.05, 0) is 61.9 Å².